The summed E-state index contributed by atoms with van der Waals surface area (Å²) in [6.45, 7) is 20.9. The Morgan fingerprint density at radius 2 is 0.955 bits per heavy atom. The summed E-state index contributed by atoms with van der Waals surface area (Å²) in [7, 11) is 0. The number of hydrogen-bond donors (Lipinski definition) is 0. The summed E-state index contributed by atoms with van der Waals surface area (Å²) < 4.78 is 7.82. The maximum Gasteiger partial charge on any atom is 0.335 e. The lowest BCUT2D eigenvalue weighted by atomic mass is 9.45. The van der Waals surface area contributed by atoms with Gasteiger partial charge in [0.25, 0.3) is 0 Å². The van der Waals surface area contributed by atoms with Gasteiger partial charge in [0, 0.05) is 66.4 Å². The van der Waals surface area contributed by atoms with Gasteiger partial charge >= 0.3 is 6.85 Å². The normalized spacial score (nSPS) is 13.7. The molecule has 2 aliphatic rings. The molecule has 3 aromatic heterocycles. The van der Waals surface area contributed by atoms with Crippen LogP contribution < -0.4 is 15.8 Å². The molecule has 0 unspecified atom stereocenters. The zero-order chi connectivity index (χ0) is 45.9. The van der Waals surface area contributed by atoms with E-state index in [1.54, 1.807) is 0 Å². The van der Waals surface area contributed by atoms with Crippen LogP contribution in [0.3, 0.4) is 0 Å². The Kier molecular flexibility index (Phi) is 8.18. The molecular weight excluding hydrogens is 812 g/mol. The van der Waals surface area contributed by atoms with Crippen LogP contribution >= 0.6 is 0 Å². The van der Waals surface area contributed by atoms with Gasteiger partial charge < -0.3 is 9.05 Å². The Morgan fingerprint density at radius 3 is 1.60 bits per heavy atom. The van der Waals surface area contributed by atoms with Gasteiger partial charge in [-0.15, -0.1) is 0 Å². The summed E-state index contributed by atoms with van der Waals surface area (Å²) in [6.07, 6.45) is 0. The molecule has 0 N–H and O–H groups in total. The van der Waals surface area contributed by atoms with Crippen molar-refractivity contribution < 1.29 is 0 Å². The first kappa shape index (κ1) is 40.1. The second-order valence-electron chi connectivity index (χ2n) is 22.2. The van der Waals surface area contributed by atoms with Crippen LogP contribution in [0.1, 0.15) is 79.0 Å². The van der Waals surface area contributed by atoms with Gasteiger partial charge in [-0.05, 0) is 122 Å². The van der Waals surface area contributed by atoms with Crippen LogP contribution in [0.15, 0.2) is 170 Å². The molecule has 0 amide bonds. The van der Waals surface area contributed by atoms with Gasteiger partial charge in [-0.3, -0.25) is 9.47 Å². The molecule has 2 aliphatic heterocycles. The van der Waals surface area contributed by atoms with Gasteiger partial charge in [-0.25, -0.2) is 0 Å². The molecule has 13 rings (SSSR count). The minimum atomic E-state index is -0.147. The average molecular weight is 867 g/mol. The lowest BCUT2D eigenvalue weighted by molar-refractivity contribution is 0.590. The van der Waals surface area contributed by atoms with Gasteiger partial charge in [-0.1, -0.05) is 159 Å². The lowest BCUT2D eigenvalue weighted by Crippen LogP contribution is -2.56. The second kappa shape index (κ2) is 13.7. The van der Waals surface area contributed by atoms with Crippen molar-refractivity contribution in [2.24, 2.45) is 0 Å². The Labute approximate surface area is 393 Å². The molecule has 8 aromatic carbocycles. The first-order valence-electron chi connectivity index (χ1n) is 24.1. The maximum absolute atomic E-state index is 2.77. The van der Waals surface area contributed by atoms with Crippen LogP contribution in [0, 0.1) is 0 Å². The quantitative estimate of drug-likeness (QED) is 0.162. The fourth-order valence-electron chi connectivity index (χ4n) is 11.7. The standard InChI is InChI=1S/C62H55BN4/c1-60(2,3)38-28-31-43(32-29-38)66-53-36-40(62(7,8)9)35-48-55-54-44-24-16-18-26-49(44)64(41-20-12-10-13-21-41)52(54)37-47-46-34-39(61(4,5)6)30-33-51(46)67(58(47)55)63(56(48)53)57-45-25-17-19-27-50(45)65(59(57)66)42-22-14-11-15-23-42/h10-37H,1-9H3. The van der Waals surface area contributed by atoms with Crippen molar-refractivity contribution in [2.45, 2.75) is 78.6 Å². The van der Waals surface area contributed by atoms with Crippen LogP contribution in [0.2, 0.25) is 0 Å². The minimum absolute atomic E-state index is 0.0165. The molecule has 0 spiro atoms. The van der Waals surface area contributed by atoms with E-state index in [0.717, 1.165) is 11.4 Å². The van der Waals surface area contributed by atoms with Gasteiger partial charge in [0.1, 0.15) is 5.82 Å². The van der Waals surface area contributed by atoms with Gasteiger partial charge in [0.05, 0.1) is 16.6 Å². The molecule has 0 saturated carbocycles. The third kappa shape index (κ3) is 5.61. The van der Waals surface area contributed by atoms with E-state index in [4.69, 9.17) is 0 Å². The van der Waals surface area contributed by atoms with Crippen molar-refractivity contribution in [1.29, 1.82) is 0 Å². The van der Waals surface area contributed by atoms with Crippen LogP contribution in [-0.4, -0.2) is 20.5 Å². The predicted octanol–water partition coefficient (Wildman–Crippen LogP) is 15.1. The molecule has 0 fully saturated rings. The number of para-hydroxylation sites is 4. The van der Waals surface area contributed by atoms with E-state index in [1.165, 1.54) is 110 Å². The number of fused-ring (bicyclic) bond motifs is 13. The number of anilines is 3. The summed E-state index contributed by atoms with van der Waals surface area (Å²) in [5.74, 6) is 1.19. The summed E-state index contributed by atoms with van der Waals surface area (Å²) in [5.41, 5.74) is 20.1. The molecule has 0 bridgehead atoms. The van der Waals surface area contributed by atoms with Crippen LogP contribution in [0.5, 0.6) is 0 Å². The molecule has 0 aliphatic carbocycles. The SMILES string of the molecule is CC(C)(C)c1ccc(N2c3cc(C(C)(C)C)cc4c3B(c3c2n(-c2ccccc2)c2ccccc32)n2c3ccc(C(C)(C)C)cc3c3cc5c(c-4c32)c2ccccc2n5-c2ccccc2)cc1. The summed E-state index contributed by atoms with van der Waals surface area (Å²) in [5, 5.41) is 6.44. The molecule has 0 saturated heterocycles. The second-order valence-corrected chi connectivity index (χ2v) is 22.2. The molecule has 5 heterocycles. The van der Waals surface area contributed by atoms with Crippen molar-refractivity contribution in [3.63, 3.8) is 0 Å². The van der Waals surface area contributed by atoms with E-state index in [1.807, 2.05) is 0 Å². The molecule has 67 heavy (non-hydrogen) atoms. The lowest BCUT2D eigenvalue weighted by Gasteiger charge is -2.41. The van der Waals surface area contributed by atoms with Gasteiger partial charge in [-0.2, -0.15) is 0 Å². The number of aromatic nitrogens is 3. The molecule has 4 nitrogen and oxygen atoms in total. The van der Waals surface area contributed by atoms with E-state index in [0.29, 0.717) is 0 Å². The number of rotatable bonds is 3. The average Bonchev–Trinajstić information content (AvgIpc) is 3.95. The fourth-order valence-corrected chi connectivity index (χ4v) is 11.7. The Hall–Kier alpha value is -7.24. The van der Waals surface area contributed by atoms with Crippen LogP contribution in [0.4, 0.5) is 17.2 Å². The summed E-state index contributed by atoms with van der Waals surface area (Å²) in [6, 6.07) is 64.6. The van der Waals surface area contributed by atoms with Crippen molar-refractivity contribution >= 4 is 89.5 Å². The molecule has 0 atom stereocenters. The highest BCUT2D eigenvalue weighted by Gasteiger charge is 2.47. The Balaban J connectivity index is 1.29. The highest BCUT2D eigenvalue weighted by atomic mass is 15.3. The topological polar surface area (TPSA) is 18.0 Å². The van der Waals surface area contributed by atoms with Crippen molar-refractivity contribution in [1.82, 2.24) is 13.6 Å². The van der Waals surface area contributed by atoms with E-state index in [9.17, 15) is 0 Å². The van der Waals surface area contributed by atoms with Gasteiger partial charge in [0.15, 0.2) is 0 Å². The third-order valence-corrected chi connectivity index (χ3v) is 15.0. The molecular formula is C62H55BN4. The molecule has 326 valence electrons. The highest BCUT2D eigenvalue weighted by molar-refractivity contribution is 6.92. The third-order valence-electron chi connectivity index (χ3n) is 15.0. The van der Waals surface area contributed by atoms with Crippen LogP contribution in [0.25, 0.3) is 77.0 Å². The zero-order valence-corrected chi connectivity index (χ0v) is 40.0. The van der Waals surface area contributed by atoms with Crippen molar-refractivity contribution in [3.05, 3.63) is 187 Å². The van der Waals surface area contributed by atoms with Crippen molar-refractivity contribution in [2.75, 3.05) is 4.90 Å². The number of nitrogens with zero attached hydrogens (tertiary/aromatic N) is 4. The summed E-state index contributed by atoms with van der Waals surface area (Å²) in [4.78, 5) is 2.62. The maximum atomic E-state index is 2.77. The number of hydrogen-bond acceptors (Lipinski definition) is 1. The van der Waals surface area contributed by atoms with E-state index in [2.05, 4.69) is 251 Å². The predicted molar refractivity (Wildman–Crippen MR) is 287 cm³/mol. The smallest absolute Gasteiger partial charge is 0.335 e. The first-order valence-corrected chi connectivity index (χ1v) is 24.1. The van der Waals surface area contributed by atoms with Gasteiger partial charge in [0.2, 0.25) is 0 Å². The molecule has 11 aromatic rings. The Bertz CT molecular complexity index is 3840. The first-order chi connectivity index (χ1) is 32.2. The fraction of sp³-hybridized carbons (Fsp3) is 0.194. The Morgan fingerprint density at radius 1 is 0.388 bits per heavy atom. The summed E-state index contributed by atoms with van der Waals surface area (Å²) >= 11 is 0. The highest BCUT2D eigenvalue weighted by Crippen LogP contribution is 2.52. The monoisotopic (exact) mass is 866 g/mol. The number of benzene rings is 8. The van der Waals surface area contributed by atoms with Crippen LogP contribution in [-0.2, 0) is 16.2 Å². The zero-order valence-electron chi connectivity index (χ0n) is 40.0. The molecule has 5 heteroatoms. The van der Waals surface area contributed by atoms with E-state index < -0.39 is 0 Å². The van der Waals surface area contributed by atoms with Crippen molar-refractivity contribution in [3.8, 4) is 22.5 Å². The largest absolute Gasteiger partial charge is 0.375 e. The minimum Gasteiger partial charge on any atom is -0.375 e. The molecule has 0 radical (unpaired) electrons. The van der Waals surface area contributed by atoms with E-state index in [-0.39, 0.29) is 23.1 Å². The van der Waals surface area contributed by atoms with E-state index >= 15 is 0 Å².